The molecule has 1 aromatic heterocycles. The van der Waals surface area contributed by atoms with E-state index < -0.39 is 0 Å². The van der Waals surface area contributed by atoms with Crippen molar-refractivity contribution in [3.8, 4) is 0 Å². The van der Waals surface area contributed by atoms with Gasteiger partial charge in [-0.3, -0.25) is 4.79 Å². The number of Topliss-reactive ketones (excluding diaryl/α,β-unsaturated/α-hetero) is 1. The molecule has 0 aliphatic carbocycles. The lowest BCUT2D eigenvalue weighted by Gasteiger charge is -1.95. The molecule has 0 aliphatic rings. The molecule has 1 heterocycles. The predicted octanol–water partition coefficient (Wildman–Crippen LogP) is 2.09. The van der Waals surface area contributed by atoms with E-state index in [1.165, 1.54) is 6.92 Å². The Bertz CT molecular complexity index is 318. The number of aromatic nitrogens is 1. The summed E-state index contributed by atoms with van der Waals surface area (Å²) in [5, 5.41) is 0. The van der Waals surface area contributed by atoms with Crippen LogP contribution in [0, 0.1) is 6.92 Å². The lowest BCUT2D eigenvalue weighted by atomic mass is 10.1. The number of hydrogen-bond donors (Lipinski definition) is 2. The molecule has 0 saturated heterocycles. The minimum atomic E-state index is 0. The third-order valence-corrected chi connectivity index (χ3v) is 2.01. The molecule has 1 rings (SSSR count). The first-order valence-corrected chi connectivity index (χ1v) is 4.05. The van der Waals surface area contributed by atoms with E-state index in [4.69, 9.17) is 5.73 Å². The highest BCUT2D eigenvalue weighted by Crippen LogP contribution is 2.21. The first-order valence-electron chi connectivity index (χ1n) is 4.05. The molecule has 3 N–H and O–H groups in total. The first-order chi connectivity index (χ1) is 5.57. The van der Waals surface area contributed by atoms with Crippen LogP contribution in [0.3, 0.4) is 0 Å². The van der Waals surface area contributed by atoms with Gasteiger partial charge in [0.25, 0.3) is 0 Å². The van der Waals surface area contributed by atoms with Crippen molar-refractivity contribution in [1.29, 1.82) is 0 Å². The zero-order valence-corrected chi connectivity index (χ0v) is 8.92. The van der Waals surface area contributed by atoms with E-state index >= 15 is 0 Å². The minimum Gasteiger partial charge on any atom is -0.397 e. The smallest absolute Gasteiger partial charge is 0.163 e. The summed E-state index contributed by atoms with van der Waals surface area (Å²) in [5.41, 5.74) is 8.85. The van der Waals surface area contributed by atoms with Crippen molar-refractivity contribution in [2.24, 2.45) is 0 Å². The van der Waals surface area contributed by atoms with Crippen molar-refractivity contribution in [3.05, 3.63) is 17.0 Å². The normalized spacial score (nSPS) is 9.46. The molecule has 4 heteroatoms. The van der Waals surface area contributed by atoms with Gasteiger partial charge >= 0.3 is 0 Å². The van der Waals surface area contributed by atoms with Crippen LogP contribution in [0.15, 0.2) is 0 Å². The number of nitrogens with one attached hydrogen (secondary N) is 1. The Labute approximate surface area is 84.1 Å². The quantitative estimate of drug-likeness (QED) is 0.722. The third-order valence-electron chi connectivity index (χ3n) is 2.01. The maximum absolute atomic E-state index is 11.1. The molecule has 0 aliphatic heterocycles. The second kappa shape index (κ2) is 4.33. The number of carbonyl (C=O) groups is 1. The number of rotatable bonds is 2. The highest BCUT2D eigenvalue weighted by atomic mass is 35.5. The molecule has 0 aromatic carbocycles. The van der Waals surface area contributed by atoms with Crippen molar-refractivity contribution in [3.63, 3.8) is 0 Å². The Morgan fingerprint density at radius 3 is 2.31 bits per heavy atom. The van der Waals surface area contributed by atoms with E-state index in [9.17, 15) is 4.79 Å². The number of ketones is 1. The van der Waals surface area contributed by atoms with Gasteiger partial charge in [0.2, 0.25) is 0 Å². The number of nitrogens with two attached hydrogens (primary N) is 1. The van der Waals surface area contributed by atoms with Crippen molar-refractivity contribution < 1.29 is 4.79 Å². The highest BCUT2D eigenvalue weighted by molar-refractivity contribution is 6.00. The van der Waals surface area contributed by atoms with Crippen LogP contribution >= 0.6 is 12.4 Å². The first kappa shape index (κ1) is 12.0. The van der Waals surface area contributed by atoms with E-state index in [2.05, 4.69) is 4.98 Å². The number of aryl methyl sites for hydroxylation is 2. The zero-order valence-electron chi connectivity index (χ0n) is 8.10. The summed E-state index contributed by atoms with van der Waals surface area (Å²) >= 11 is 0. The molecule has 1 aromatic rings. The Balaban J connectivity index is 0.00000144. The van der Waals surface area contributed by atoms with Crippen molar-refractivity contribution in [1.82, 2.24) is 4.98 Å². The number of H-pyrrole nitrogens is 1. The average molecular weight is 203 g/mol. The third kappa shape index (κ3) is 2.04. The number of aromatic amines is 1. The van der Waals surface area contributed by atoms with Crippen molar-refractivity contribution >= 4 is 23.9 Å². The SMILES string of the molecule is CCc1[nH]c(C)c(C(C)=O)c1N.Cl. The van der Waals surface area contributed by atoms with E-state index in [1.807, 2.05) is 13.8 Å². The summed E-state index contributed by atoms with van der Waals surface area (Å²) in [4.78, 5) is 14.2. The lowest BCUT2D eigenvalue weighted by molar-refractivity contribution is 0.101. The molecule has 0 bridgehead atoms. The van der Waals surface area contributed by atoms with Gasteiger partial charge in [-0.25, -0.2) is 0 Å². The van der Waals surface area contributed by atoms with Crippen LogP contribution in [0.5, 0.6) is 0 Å². The summed E-state index contributed by atoms with van der Waals surface area (Å²) in [5.74, 6) is 0.0287. The topological polar surface area (TPSA) is 58.9 Å². The van der Waals surface area contributed by atoms with Crippen LogP contribution in [-0.2, 0) is 6.42 Å². The molecule has 0 amide bonds. The van der Waals surface area contributed by atoms with Gasteiger partial charge in [0, 0.05) is 11.4 Å². The molecule has 3 nitrogen and oxygen atoms in total. The van der Waals surface area contributed by atoms with Gasteiger partial charge in [-0.1, -0.05) is 6.92 Å². The number of halogens is 1. The van der Waals surface area contributed by atoms with Crippen LogP contribution in [0.4, 0.5) is 5.69 Å². The van der Waals surface area contributed by atoms with Crippen molar-refractivity contribution in [2.75, 3.05) is 5.73 Å². The van der Waals surface area contributed by atoms with E-state index in [0.717, 1.165) is 17.8 Å². The minimum absolute atomic E-state index is 0. The number of carbonyl (C=O) groups excluding carboxylic acids is 1. The van der Waals surface area contributed by atoms with Gasteiger partial charge < -0.3 is 10.7 Å². The van der Waals surface area contributed by atoms with Crippen LogP contribution < -0.4 is 5.73 Å². The Morgan fingerprint density at radius 2 is 2.08 bits per heavy atom. The summed E-state index contributed by atoms with van der Waals surface area (Å²) in [6.07, 6.45) is 0.833. The Kier molecular flexibility index (Phi) is 4.01. The van der Waals surface area contributed by atoms with Crippen LogP contribution in [0.1, 0.15) is 35.6 Å². The predicted molar refractivity (Wildman–Crippen MR) is 56.6 cm³/mol. The Hall–Kier alpha value is -0.960. The summed E-state index contributed by atoms with van der Waals surface area (Å²) in [6, 6.07) is 0. The molecule has 0 saturated carbocycles. The Morgan fingerprint density at radius 1 is 1.54 bits per heavy atom. The molecule has 74 valence electrons. The molecular formula is C9H15ClN2O. The van der Waals surface area contributed by atoms with Gasteiger partial charge in [-0.05, 0) is 20.3 Å². The maximum atomic E-state index is 11.1. The maximum Gasteiger partial charge on any atom is 0.163 e. The van der Waals surface area contributed by atoms with Gasteiger partial charge in [0.15, 0.2) is 5.78 Å². The number of nitrogen functional groups attached to an aromatic ring is 1. The highest BCUT2D eigenvalue weighted by Gasteiger charge is 2.13. The summed E-state index contributed by atoms with van der Waals surface area (Å²) in [7, 11) is 0. The monoisotopic (exact) mass is 202 g/mol. The summed E-state index contributed by atoms with van der Waals surface area (Å²) in [6.45, 7) is 5.41. The largest absolute Gasteiger partial charge is 0.397 e. The van der Waals surface area contributed by atoms with E-state index in [0.29, 0.717) is 11.3 Å². The van der Waals surface area contributed by atoms with E-state index in [1.54, 1.807) is 0 Å². The fourth-order valence-electron chi connectivity index (χ4n) is 1.44. The number of hydrogen-bond acceptors (Lipinski definition) is 2. The molecule has 13 heavy (non-hydrogen) atoms. The molecule has 0 atom stereocenters. The van der Waals surface area contributed by atoms with Crippen LogP contribution in [0.25, 0.3) is 0 Å². The second-order valence-corrected chi connectivity index (χ2v) is 2.93. The number of anilines is 1. The summed E-state index contributed by atoms with van der Waals surface area (Å²) < 4.78 is 0. The van der Waals surface area contributed by atoms with Crippen LogP contribution in [0.2, 0.25) is 0 Å². The fraction of sp³-hybridized carbons (Fsp3) is 0.444. The van der Waals surface area contributed by atoms with Gasteiger partial charge in [0.05, 0.1) is 11.3 Å². The standard InChI is InChI=1S/C9H14N2O.ClH/c1-4-7-9(10)8(6(3)12)5(2)11-7;/h11H,4,10H2,1-3H3;1H. The van der Waals surface area contributed by atoms with Crippen LogP contribution in [-0.4, -0.2) is 10.8 Å². The average Bonchev–Trinajstić information content (AvgIpc) is 2.25. The van der Waals surface area contributed by atoms with E-state index in [-0.39, 0.29) is 18.2 Å². The second-order valence-electron chi connectivity index (χ2n) is 2.93. The van der Waals surface area contributed by atoms with Gasteiger partial charge in [0.1, 0.15) is 0 Å². The molecule has 0 spiro atoms. The van der Waals surface area contributed by atoms with Gasteiger partial charge in [-0.2, -0.15) is 0 Å². The lowest BCUT2D eigenvalue weighted by Crippen LogP contribution is -1.98. The van der Waals surface area contributed by atoms with Crippen molar-refractivity contribution in [2.45, 2.75) is 27.2 Å². The zero-order chi connectivity index (χ0) is 9.30. The molecule has 0 fully saturated rings. The molecule has 0 unspecified atom stereocenters. The van der Waals surface area contributed by atoms with Gasteiger partial charge in [-0.15, -0.1) is 12.4 Å². The molecule has 0 radical (unpaired) electrons. The fourth-order valence-corrected chi connectivity index (χ4v) is 1.44. The molecular weight excluding hydrogens is 188 g/mol.